The van der Waals surface area contributed by atoms with Gasteiger partial charge in [0, 0.05) is 0 Å². The molecule has 0 aliphatic heterocycles. The van der Waals surface area contributed by atoms with Gasteiger partial charge in [0.05, 0.1) is 0 Å². The summed E-state index contributed by atoms with van der Waals surface area (Å²) in [5.74, 6) is 2.92. The highest BCUT2D eigenvalue weighted by molar-refractivity contribution is 5.08. The summed E-state index contributed by atoms with van der Waals surface area (Å²) in [6.45, 7) is 2.37. The molecule has 0 saturated heterocycles. The van der Waals surface area contributed by atoms with Gasteiger partial charge in [0.1, 0.15) is 0 Å². The zero-order valence-corrected chi connectivity index (χ0v) is 5.30. The molecule has 0 heteroatoms. The van der Waals surface area contributed by atoms with Gasteiger partial charge in [-0.3, -0.25) is 0 Å². The van der Waals surface area contributed by atoms with Crippen LogP contribution in [0.25, 0.3) is 0 Å². The van der Waals surface area contributed by atoms with Crippen molar-refractivity contribution >= 4 is 0 Å². The van der Waals surface area contributed by atoms with Gasteiger partial charge in [0.25, 0.3) is 0 Å². The van der Waals surface area contributed by atoms with E-state index in [4.69, 9.17) is 0 Å². The van der Waals surface area contributed by atoms with Crippen molar-refractivity contribution in [3.05, 3.63) is 12.2 Å². The van der Waals surface area contributed by atoms with Crippen LogP contribution in [-0.4, -0.2) is 0 Å². The number of fused-ring (bicyclic) bond motifs is 2. The van der Waals surface area contributed by atoms with Crippen LogP contribution < -0.4 is 0 Å². The fraction of sp³-hybridized carbons (Fsp3) is 0.750. The summed E-state index contributed by atoms with van der Waals surface area (Å²) in [4.78, 5) is 0. The van der Waals surface area contributed by atoms with Crippen molar-refractivity contribution in [2.75, 3.05) is 0 Å². The molecule has 44 valence electrons. The Morgan fingerprint density at radius 1 is 1.25 bits per heavy atom. The van der Waals surface area contributed by atoms with Gasteiger partial charge in [-0.15, -0.1) is 0 Å². The molecule has 1 fully saturated rings. The fourth-order valence-electron chi connectivity index (χ4n) is 2.06. The molecule has 0 amide bonds. The van der Waals surface area contributed by atoms with Gasteiger partial charge in [0.15, 0.2) is 0 Å². The van der Waals surface area contributed by atoms with Gasteiger partial charge >= 0.3 is 0 Å². The SMILES string of the molecule is C[C@H]1CC2C=CC1C2. The zero-order valence-electron chi connectivity index (χ0n) is 5.30. The van der Waals surface area contributed by atoms with Crippen molar-refractivity contribution in [3.63, 3.8) is 0 Å². The third-order valence-electron chi connectivity index (χ3n) is 2.61. The molecule has 1 saturated carbocycles. The van der Waals surface area contributed by atoms with Crippen LogP contribution in [-0.2, 0) is 0 Å². The first-order valence-electron chi connectivity index (χ1n) is 3.54. The quantitative estimate of drug-likeness (QED) is 0.417. The lowest BCUT2D eigenvalue weighted by Crippen LogP contribution is -1.99. The standard InChI is InChI=1S/C8H12/c1-6-4-7-2-3-8(6)5-7/h2-3,6-8H,4-5H2,1H3/t6-,7?,8?/m0/s1. The largest absolute Gasteiger partial charge is 0.0851 e. The van der Waals surface area contributed by atoms with Crippen molar-refractivity contribution in [1.82, 2.24) is 0 Å². The third-order valence-corrected chi connectivity index (χ3v) is 2.61. The van der Waals surface area contributed by atoms with Crippen molar-refractivity contribution in [1.29, 1.82) is 0 Å². The Kier molecular flexibility index (Phi) is 0.787. The summed E-state index contributed by atoms with van der Waals surface area (Å²) in [5.41, 5.74) is 0. The Balaban J connectivity index is 2.23. The second-order valence-corrected chi connectivity index (χ2v) is 3.26. The Bertz CT molecular complexity index is 124. The summed E-state index contributed by atoms with van der Waals surface area (Å²) < 4.78 is 0. The topological polar surface area (TPSA) is 0 Å². The average Bonchev–Trinajstić information content (AvgIpc) is 2.23. The Morgan fingerprint density at radius 2 is 2.12 bits per heavy atom. The molecule has 2 rings (SSSR count). The van der Waals surface area contributed by atoms with E-state index in [1.807, 2.05) is 0 Å². The number of allylic oxidation sites excluding steroid dienone is 2. The number of hydrogen-bond acceptors (Lipinski definition) is 0. The normalized spacial score (nSPS) is 50.9. The maximum atomic E-state index is 2.40. The third kappa shape index (κ3) is 0.460. The molecule has 0 spiro atoms. The average molecular weight is 108 g/mol. The molecule has 2 aliphatic carbocycles. The summed E-state index contributed by atoms with van der Waals surface area (Å²) in [5, 5.41) is 0. The first-order valence-corrected chi connectivity index (χ1v) is 3.54. The van der Waals surface area contributed by atoms with E-state index in [2.05, 4.69) is 19.1 Å². The predicted molar refractivity (Wildman–Crippen MR) is 34.5 cm³/mol. The minimum Gasteiger partial charge on any atom is -0.0851 e. The lowest BCUT2D eigenvalue weighted by molar-refractivity contribution is 0.493. The second kappa shape index (κ2) is 1.37. The van der Waals surface area contributed by atoms with Crippen LogP contribution in [0, 0.1) is 17.8 Å². The highest BCUT2D eigenvalue weighted by atomic mass is 14.4. The van der Waals surface area contributed by atoms with Crippen LogP contribution in [0.1, 0.15) is 19.8 Å². The van der Waals surface area contributed by atoms with Crippen LogP contribution in [0.2, 0.25) is 0 Å². The molecular weight excluding hydrogens is 96.1 g/mol. The molecule has 2 unspecified atom stereocenters. The van der Waals surface area contributed by atoms with Gasteiger partial charge in [-0.2, -0.15) is 0 Å². The van der Waals surface area contributed by atoms with Crippen molar-refractivity contribution < 1.29 is 0 Å². The van der Waals surface area contributed by atoms with Gasteiger partial charge in [-0.1, -0.05) is 19.1 Å². The maximum absolute atomic E-state index is 2.40. The molecule has 2 bridgehead atoms. The highest BCUT2D eigenvalue weighted by Gasteiger charge is 2.32. The fourth-order valence-corrected chi connectivity index (χ4v) is 2.06. The van der Waals surface area contributed by atoms with Crippen molar-refractivity contribution in [2.45, 2.75) is 19.8 Å². The lowest BCUT2D eigenvalue weighted by atomic mass is 9.96. The first kappa shape index (κ1) is 4.60. The van der Waals surface area contributed by atoms with E-state index in [1.54, 1.807) is 0 Å². The first-order chi connectivity index (χ1) is 3.86. The van der Waals surface area contributed by atoms with Crippen LogP contribution >= 0.6 is 0 Å². The van der Waals surface area contributed by atoms with E-state index < -0.39 is 0 Å². The monoisotopic (exact) mass is 108 g/mol. The molecule has 0 N–H and O–H groups in total. The Labute approximate surface area is 50.6 Å². The molecule has 8 heavy (non-hydrogen) atoms. The van der Waals surface area contributed by atoms with E-state index in [0.29, 0.717) is 0 Å². The summed E-state index contributed by atoms with van der Waals surface area (Å²) in [6.07, 6.45) is 7.71. The molecular formula is C8H12. The summed E-state index contributed by atoms with van der Waals surface area (Å²) >= 11 is 0. The second-order valence-electron chi connectivity index (χ2n) is 3.26. The van der Waals surface area contributed by atoms with Crippen molar-refractivity contribution in [3.8, 4) is 0 Å². The van der Waals surface area contributed by atoms with Crippen molar-refractivity contribution in [2.24, 2.45) is 17.8 Å². The minimum absolute atomic E-state index is 0.958. The summed E-state index contributed by atoms with van der Waals surface area (Å²) in [6, 6.07) is 0. The summed E-state index contributed by atoms with van der Waals surface area (Å²) in [7, 11) is 0. The van der Waals surface area contributed by atoms with Crippen LogP contribution in [0.5, 0.6) is 0 Å². The maximum Gasteiger partial charge on any atom is -0.0202 e. The lowest BCUT2D eigenvalue weighted by Gasteiger charge is -2.09. The van der Waals surface area contributed by atoms with Crippen LogP contribution in [0.3, 0.4) is 0 Å². The van der Waals surface area contributed by atoms with Gasteiger partial charge in [0.2, 0.25) is 0 Å². The predicted octanol–water partition coefficient (Wildman–Crippen LogP) is 2.22. The van der Waals surface area contributed by atoms with Gasteiger partial charge < -0.3 is 0 Å². The Morgan fingerprint density at radius 3 is 2.38 bits per heavy atom. The molecule has 0 heterocycles. The zero-order chi connectivity index (χ0) is 5.56. The molecule has 3 atom stereocenters. The Hall–Kier alpha value is -0.260. The van der Waals surface area contributed by atoms with Gasteiger partial charge in [-0.25, -0.2) is 0 Å². The van der Waals surface area contributed by atoms with Gasteiger partial charge in [-0.05, 0) is 30.6 Å². The molecule has 0 radical (unpaired) electrons. The molecule has 0 aromatic heterocycles. The van der Waals surface area contributed by atoms with E-state index in [9.17, 15) is 0 Å². The van der Waals surface area contributed by atoms with Crippen LogP contribution in [0.15, 0.2) is 12.2 Å². The number of rotatable bonds is 0. The molecule has 0 nitrogen and oxygen atoms in total. The molecule has 0 aromatic rings. The smallest absolute Gasteiger partial charge is 0.0202 e. The van der Waals surface area contributed by atoms with Crippen LogP contribution in [0.4, 0.5) is 0 Å². The molecule has 2 aliphatic rings. The number of hydrogen-bond donors (Lipinski definition) is 0. The van der Waals surface area contributed by atoms with E-state index in [1.165, 1.54) is 12.8 Å². The van der Waals surface area contributed by atoms with E-state index in [0.717, 1.165) is 17.8 Å². The van der Waals surface area contributed by atoms with E-state index in [-0.39, 0.29) is 0 Å². The minimum atomic E-state index is 0.958. The molecule has 0 aromatic carbocycles. The van der Waals surface area contributed by atoms with E-state index >= 15 is 0 Å². The highest BCUT2D eigenvalue weighted by Crippen LogP contribution is 2.42.